The van der Waals surface area contributed by atoms with Gasteiger partial charge in [0.05, 0.1) is 28.3 Å². The van der Waals surface area contributed by atoms with Gasteiger partial charge in [0.15, 0.2) is 0 Å². The Kier molecular flexibility index (Phi) is 3.98. The smallest absolute Gasteiger partial charge is 0.335 e. The first-order valence-corrected chi connectivity index (χ1v) is 6.24. The normalized spacial score (nSPS) is 10.3. The summed E-state index contributed by atoms with van der Waals surface area (Å²) in [5.74, 6) is -0.346. The lowest BCUT2D eigenvalue weighted by atomic mass is 10.2. The molecule has 0 aliphatic rings. The first-order valence-electron chi connectivity index (χ1n) is 6.24. The molecule has 0 saturated heterocycles. The predicted molar refractivity (Wildman–Crippen MR) is 74.0 cm³/mol. The average molecular weight is 272 g/mol. The number of hydrogen-bond acceptors (Lipinski definition) is 4. The largest absolute Gasteiger partial charge is 0.487 e. The highest BCUT2D eigenvalue weighted by Gasteiger charge is 2.07. The third-order valence-corrected chi connectivity index (χ3v) is 3.06. The van der Waals surface area contributed by atoms with E-state index in [1.165, 1.54) is 12.1 Å². The van der Waals surface area contributed by atoms with Crippen LogP contribution < -0.4 is 4.74 Å². The molecule has 0 aliphatic carbocycles. The Balaban J connectivity index is 2.09. The number of benzene rings is 1. The van der Waals surface area contributed by atoms with E-state index in [1.54, 1.807) is 12.1 Å². The summed E-state index contributed by atoms with van der Waals surface area (Å²) in [5.41, 5.74) is 3.66. The zero-order valence-corrected chi connectivity index (χ0v) is 11.7. The number of rotatable bonds is 4. The summed E-state index contributed by atoms with van der Waals surface area (Å²) in [6.07, 6.45) is 0. The molecule has 0 radical (unpaired) electrons. The summed E-state index contributed by atoms with van der Waals surface area (Å²) in [7, 11) is 0. The lowest BCUT2D eigenvalue weighted by molar-refractivity contribution is 0.0697. The van der Waals surface area contributed by atoms with Gasteiger partial charge in [-0.15, -0.1) is 0 Å². The molecule has 104 valence electrons. The minimum atomic E-state index is -0.951. The molecule has 0 atom stereocenters. The quantitative estimate of drug-likeness (QED) is 0.926. The molecule has 1 aromatic heterocycles. The average Bonchev–Trinajstić information content (AvgIpc) is 2.42. The number of nitrogens with zero attached hydrogens (tertiary/aromatic N) is 2. The van der Waals surface area contributed by atoms with Gasteiger partial charge in [-0.1, -0.05) is 0 Å². The van der Waals surface area contributed by atoms with Crippen LogP contribution in [0.15, 0.2) is 24.3 Å². The number of aromatic nitrogens is 2. The van der Waals surface area contributed by atoms with E-state index in [-0.39, 0.29) is 5.56 Å². The zero-order valence-electron chi connectivity index (χ0n) is 11.7. The van der Waals surface area contributed by atoms with Crippen LogP contribution in [0.3, 0.4) is 0 Å². The van der Waals surface area contributed by atoms with E-state index in [9.17, 15) is 4.79 Å². The second-order valence-corrected chi connectivity index (χ2v) is 4.54. The molecular weight excluding hydrogens is 256 g/mol. The van der Waals surface area contributed by atoms with E-state index in [0.29, 0.717) is 12.4 Å². The van der Waals surface area contributed by atoms with Crippen LogP contribution in [0.1, 0.15) is 33.1 Å². The van der Waals surface area contributed by atoms with Crippen LogP contribution in [0.2, 0.25) is 0 Å². The summed E-state index contributed by atoms with van der Waals surface area (Å²) in [6.45, 7) is 6.04. The molecule has 0 fully saturated rings. The maximum atomic E-state index is 10.7. The monoisotopic (exact) mass is 272 g/mol. The first kappa shape index (κ1) is 14.0. The predicted octanol–water partition coefficient (Wildman–Crippen LogP) is 2.68. The highest BCUT2D eigenvalue weighted by atomic mass is 16.5. The van der Waals surface area contributed by atoms with Crippen molar-refractivity contribution in [3.05, 3.63) is 52.6 Å². The molecule has 2 aromatic rings. The highest BCUT2D eigenvalue weighted by molar-refractivity contribution is 5.87. The molecule has 1 heterocycles. The van der Waals surface area contributed by atoms with Gasteiger partial charge in [-0.2, -0.15) is 0 Å². The van der Waals surface area contributed by atoms with Crippen LogP contribution in [0.4, 0.5) is 0 Å². The fourth-order valence-corrected chi connectivity index (χ4v) is 1.74. The van der Waals surface area contributed by atoms with Gasteiger partial charge in [0.2, 0.25) is 0 Å². The molecule has 1 N–H and O–H groups in total. The second-order valence-electron chi connectivity index (χ2n) is 4.54. The highest BCUT2D eigenvalue weighted by Crippen LogP contribution is 2.15. The Bertz CT molecular complexity index is 636. The van der Waals surface area contributed by atoms with E-state index >= 15 is 0 Å². The minimum Gasteiger partial charge on any atom is -0.487 e. The number of aromatic carboxylic acids is 1. The van der Waals surface area contributed by atoms with Crippen LogP contribution in [-0.2, 0) is 6.61 Å². The first-order chi connectivity index (χ1) is 9.47. The van der Waals surface area contributed by atoms with Crippen molar-refractivity contribution in [3.8, 4) is 5.75 Å². The van der Waals surface area contributed by atoms with Crippen molar-refractivity contribution in [1.82, 2.24) is 9.97 Å². The molecule has 2 rings (SSSR count). The number of carboxylic acid groups (broad SMARTS) is 1. The number of aryl methyl sites for hydroxylation is 3. The Morgan fingerprint density at radius 3 is 2.25 bits per heavy atom. The van der Waals surface area contributed by atoms with Crippen molar-refractivity contribution >= 4 is 5.97 Å². The van der Waals surface area contributed by atoms with Gasteiger partial charge in [-0.3, -0.25) is 9.97 Å². The Labute approximate surface area is 117 Å². The molecule has 5 heteroatoms. The number of hydrogen-bond donors (Lipinski definition) is 1. The van der Waals surface area contributed by atoms with Gasteiger partial charge in [-0.05, 0) is 45.0 Å². The Morgan fingerprint density at radius 1 is 1.05 bits per heavy atom. The van der Waals surface area contributed by atoms with Crippen LogP contribution in [0.25, 0.3) is 0 Å². The second kappa shape index (κ2) is 5.69. The van der Waals surface area contributed by atoms with Crippen LogP contribution in [0, 0.1) is 20.8 Å². The number of ether oxygens (including phenoxy) is 1. The SMILES string of the molecule is Cc1nc(C)c(COc2ccc(C(=O)O)cc2)nc1C. The lowest BCUT2D eigenvalue weighted by Crippen LogP contribution is -2.06. The molecule has 0 spiro atoms. The molecule has 1 aromatic carbocycles. The van der Waals surface area contributed by atoms with Crippen LogP contribution in [0.5, 0.6) is 5.75 Å². The zero-order chi connectivity index (χ0) is 14.7. The molecule has 0 unspecified atom stereocenters. The summed E-state index contributed by atoms with van der Waals surface area (Å²) >= 11 is 0. The van der Waals surface area contributed by atoms with Gasteiger partial charge < -0.3 is 9.84 Å². The molecule has 5 nitrogen and oxygen atoms in total. The van der Waals surface area contributed by atoms with Gasteiger partial charge in [0, 0.05) is 0 Å². The molecule has 20 heavy (non-hydrogen) atoms. The van der Waals surface area contributed by atoms with E-state index < -0.39 is 5.97 Å². The fourth-order valence-electron chi connectivity index (χ4n) is 1.74. The Hall–Kier alpha value is -2.43. The van der Waals surface area contributed by atoms with Crippen molar-refractivity contribution in [1.29, 1.82) is 0 Å². The van der Waals surface area contributed by atoms with E-state index in [2.05, 4.69) is 9.97 Å². The standard InChI is InChI=1S/C15H16N2O3/c1-9-10(2)17-14(11(3)16-9)8-20-13-6-4-12(5-7-13)15(18)19/h4-7H,8H2,1-3H3,(H,18,19). The summed E-state index contributed by atoms with van der Waals surface area (Å²) in [4.78, 5) is 19.6. The molecule has 0 saturated carbocycles. The fraction of sp³-hybridized carbons (Fsp3) is 0.267. The summed E-state index contributed by atoms with van der Waals surface area (Å²) in [5, 5.41) is 8.82. The van der Waals surface area contributed by atoms with Crippen molar-refractivity contribution in [2.75, 3.05) is 0 Å². The van der Waals surface area contributed by atoms with E-state index in [1.807, 2.05) is 20.8 Å². The van der Waals surface area contributed by atoms with Gasteiger partial charge in [0.25, 0.3) is 0 Å². The molecular formula is C15H16N2O3. The topological polar surface area (TPSA) is 72.3 Å². The minimum absolute atomic E-state index is 0.236. The van der Waals surface area contributed by atoms with Crippen LogP contribution >= 0.6 is 0 Å². The molecule has 0 amide bonds. The maximum absolute atomic E-state index is 10.7. The van der Waals surface area contributed by atoms with Crippen molar-refractivity contribution in [2.45, 2.75) is 27.4 Å². The number of carbonyl (C=O) groups is 1. The maximum Gasteiger partial charge on any atom is 0.335 e. The summed E-state index contributed by atoms with van der Waals surface area (Å²) < 4.78 is 5.61. The van der Waals surface area contributed by atoms with Gasteiger partial charge >= 0.3 is 5.97 Å². The Morgan fingerprint density at radius 2 is 1.65 bits per heavy atom. The lowest BCUT2D eigenvalue weighted by Gasteiger charge is -2.10. The molecule has 0 aliphatic heterocycles. The van der Waals surface area contributed by atoms with Crippen LogP contribution in [-0.4, -0.2) is 21.0 Å². The van der Waals surface area contributed by atoms with Crippen molar-refractivity contribution < 1.29 is 14.6 Å². The van der Waals surface area contributed by atoms with E-state index in [4.69, 9.17) is 9.84 Å². The third kappa shape index (κ3) is 3.12. The van der Waals surface area contributed by atoms with Gasteiger partial charge in [0.1, 0.15) is 12.4 Å². The van der Waals surface area contributed by atoms with E-state index in [0.717, 1.165) is 22.8 Å². The van der Waals surface area contributed by atoms with Crippen molar-refractivity contribution in [3.63, 3.8) is 0 Å². The third-order valence-electron chi connectivity index (χ3n) is 3.06. The summed E-state index contributed by atoms with van der Waals surface area (Å²) in [6, 6.07) is 6.29. The van der Waals surface area contributed by atoms with Crippen molar-refractivity contribution in [2.24, 2.45) is 0 Å². The molecule has 0 bridgehead atoms. The number of carboxylic acids is 1. The van der Waals surface area contributed by atoms with Gasteiger partial charge in [-0.25, -0.2) is 4.79 Å².